The van der Waals surface area contributed by atoms with Gasteiger partial charge in [0, 0.05) is 13.1 Å². The monoisotopic (exact) mass is 323 g/mol. The van der Waals surface area contributed by atoms with Gasteiger partial charge < -0.3 is 0 Å². The lowest BCUT2D eigenvalue weighted by Crippen LogP contribution is -2.33. The summed E-state index contributed by atoms with van der Waals surface area (Å²) < 4.78 is 27.3. The number of hydrogen-bond acceptors (Lipinski definition) is 2. The van der Waals surface area contributed by atoms with Crippen molar-refractivity contribution in [2.24, 2.45) is 5.92 Å². The minimum Gasteiger partial charge on any atom is -0.207 e. The maximum atomic E-state index is 12.8. The SMILES string of the molecule is CCCN(CC1CC1)S(=O)(=O)c1ccc(C(CC)CC)cc1. The van der Waals surface area contributed by atoms with E-state index in [9.17, 15) is 8.42 Å². The molecular formula is C18H29NO2S. The molecule has 1 aliphatic carbocycles. The Bertz CT molecular complexity index is 557. The largest absolute Gasteiger partial charge is 0.243 e. The molecule has 0 aliphatic heterocycles. The number of benzene rings is 1. The molecule has 1 saturated carbocycles. The molecule has 0 heterocycles. The lowest BCUT2D eigenvalue weighted by molar-refractivity contribution is 0.395. The van der Waals surface area contributed by atoms with Gasteiger partial charge in [0.2, 0.25) is 10.0 Å². The molecule has 0 unspecified atom stereocenters. The Hall–Kier alpha value is -0.870. The van der Waals surface area contributed by atoms with Crippen LogP contribution in [-0.4, -0.2) is 25.8 Å². The Labute approximate surface area is 135 Å². The standard InChI is InChI=1S/C18H29NO2S/c1-4-13-19(14-15-7-8-15)22(20,21)18-11-9-17(10-12-18)16(5-2)6-3/h9-12,15-16H,4-8,13-14H2,1-3H3. The van der Waals surface area contributed by atoms with Crippen molar-refractivity contribution in [2.75, 3.05) is 13.1 Å². The van der Waals surface area contributed by atoms with Gasteiger partial charge in [0.15, 0.2) is 0 Å². The summed E-state index contributed by atoms with van der Waals surface area (Å²) in [7, 11) is -3.34. The Balaban J connectivity index is 2.19. The van der Waals surface area contributed by atoms with E-state index in [1.807, 2.05) is 19.1 Å². The summed E-state index contributed by atoms with van der Waals surface area (Å²) in [5, 5.41) is 0. The fraction of sp³-hybridized carbons (Fsp3) is 0.667. The van der Waals surface area contributed by atoms with Gasteiger partial charge in [0.05, 0.1) is 4.90 Å². The summed E-state index contributed by atoms with van der Waals surface area (Å²) >= 11 is 0. The van der Waals surface area contributed by atoms with E-state index >= 15 is 0 Å². The van der Waals surface area contributed by atoms with Crippen molar-refractivity contribution in [3.8, 4) is 0 Å². The van der Waals surface area contributed by atoms with E-state index in [1.165, 1.54) is 18.4 Å². The maximum Gasteiger partial charge on any atom is 0.243 e. The molecule has 0 bridgehead atoms. The molecule has 0 N–H and O–H groups in total. The first-order valence-corrected chi connectivity index (χ1v) is 10.1. The van der Waals surface area contributed by atoms with Gasteiger partial charge in [-0.25, -0.2) is 8.42 Å². The molecular weight excluding hydrogens is 294 g/mol. The molecule has 1 fully saturated rings. The molecule has 1 aliphatic rings. The quantitative estimate of drug-likeness (QED) is 0.675. The molecule has 1 aromatic carbocycles. The minimum atomic E-state index is -3.34. The van der Waals surface area contributed by atoms with Gasteiger partial charge in [-0.3, -0.25) is 0 Å². The average molecular weight is 324 g/mol. The smallest absolute Gasteiger partial charge is 0.207 e. The normalized spacial score (nSPS) is 15.7. The van der Waals surface area contributed by atoms with Crippen LogP contribution in [0.3, 0.4) is 0 Å². The van der Waals surface area contributed by atoms with Crippen molar-refractivity contribution >= 4 is 10.0 Å². The van der Waals surface area contributed by atoms with Crippen molar-refractivity contribution in [3.05, 3.63) is 29.8 Å². The summed E-state index contributed by atoms with van der Waals surface area (Å²) in [6, 6.07) is 7.56. The lowest BCUT2D eigenvalue weighted by atomic mass is 9.94. The zero-order valence-corrected chi connectivity index (χ0v) is 14.9. The fourth-order valence-corrected chi connectivity index (χ4v) is 4.58. The number of sulfonamides is 1. The third-order valence-electron chi connectivity index (χ3n) is 4.61. The molecule has 0 amide bonds. The zero-order chi connectivity index (χ0) is 16.2. The molecule has 3 nitrogen and oxygen atoms in total. The highest BCUT2D eigenvalue weighted by atomic mass is 32.2. The van der Waals surface area contributed by atoms with Crippen LogP contribution in [0, 0.1) is 5.92 Å². The van der Waals surface area contributed by atoms with Crippen LogP contribution in [0.1, 0.15) is 64.4 Å². The van der Waals surface area contributed by atoms with E-state index in [0.717, 1.165) is 19.3 Å². The van der Waals surface area contributed by atoms with Crippen molar-refractivity contribution in [1.29, 1.82) is 0 Å². The molecule has 22 heavy (non-hydrogen) atoms. The van der Waals surface area contributed by atoms with Gasteiger partial charge in [0.1, 0.15) is 0 Å². The predicted octanol–water partition coefficient (Wildman–Crippen LogP) is 4.40. The highest BCUT2D eigenvalue weighted by Crippen LogP contribution is 2.32. The predicted molar refractivity (Wildman–Crippen MR) is 91.5 cm³/mol. The highest BCUT2D eigenvalue weighted by molar-refractivity contribution is 7.89. The van der Waals surface area contributed by atoms with Crippen molar-refractivity contribution in [3.63, 3.8) is 0 Å². The van der Waals surface area contributed by atoms with Crippen LogP contribution in [0.2, 0.25) is 0 Å². The highest BCUT2D eigenvalue weighted by Gasteiger charge is 2.31. The second-order valence-corrected chi connectivity index (χ2v) is 8.33. The van der Waals surface area contributed by atoms with E-state index in [-0.39, 0.29) is 0 Å². The Morgan fingerprint density at radius 1 is 1.09 bits per heavy atom. The summed E-state index contributed by atoms with van der Waals surface area (Å²) in [6.45, 7) is 7.69. The number of hydrogen-bond donors (Lipinski definition) is 0. The van der Waals surface area contributed by atoms with Gasteiger partial charge in [-0.1, -0.05) is 32.9 Å². The number of nitrogens with zero attached hydrogens (tertiary/aromatic N) is 1. The molecule has 4 heteroatoms. The first-order chi connectivity index (χ1) is 10.5. The maximum absolute atomic E-state index is 12.8. The molecule has 124 valence electrons. The summed E-state index contributed by atoms with van der Waals surface area (Å²) in [6.07, 6.45) is 5.38. The first kappa shape index (κ1) is 17.5. The van der Waals surface area contributed by atoms with Gasteiger partial charge in [-0.05, 0) is 61.6 Å². The van der Waals surface area contributed by atoms with Crippen LogP contribution in [-0.2, 0) is 10.0 Å². The van der Waals surface area contributed by atoms with E-state index in [4.69, 9.17) is 0 Å². The number of rotatable bonds is 9. The molecule has 0 radical (unpaired) electrons. The van der Waals surface area contributed by atoms with E-state index in [1.54, 1.807) is 16.4 Å². The molecule has 2 rings (SSSR count). The minimum absolute atomic E-state index is 0.441. The van der Waals surface area contributed by atoms with E-state index in [2.05, 4.69) is 13.8 Å². The molecule has 1 aromatic rings. The van der Waals surface area contributed by atoms with Crippen molar-refractivity contribution in [2.45, 2.75) is 63.7 Å². The topological polar surface area (TPSA) is 37.4 Å². The third-order valence-corrected chi connectivity index (χ3v) is 6.49. The zero-order valence-electron chi connectivity index (χ0n) is 14.1. The fourth-order valence-electron chi connectivity index (χ4n) is 2.97. The Morgan fingerprint density at radius 2 is 1.68 bits per heavy atom. The van der Waals surface area contributed by atoms with Gasteiger partial charge >= 0.3 is 0 Å². The van der Waals surface area contributed by atoms with E-state index in [0.29, 0.717) is 29.8 Å². The van der Waals surface area contributed by atoms with Crippen LogP contribution < -0.4 is 0 Å². The third kappa shape index (κ3) is 4.11. The second-order valence-electron chi connectivity index (χ2n) is 6.39. The second kappa shape index (κ2) is 7.60. The molecule has 0 saturated heterocycles. The van der Waals surface area contributed by atoms with Crippen molar-refractivity contribution in [1.82, 2.24) is 4.31 Å². The van der Waals surface area contributed by atoms with Crippen LogP contribution in [0.15, 0.2) is 29.2 Å². The van der Waals surface area contributed by atoms with E-state index < -0.39 is 10.0 Å². The molecule has 0 aromatic heterocycles. The van der Waals surface area contributed by atoms with Crippen LogP contribution in [0.25, 0.3) is 0 Å². The molecule has 0 atom stereocenters. The Kier molecular flexibility index (Phi) is 6.04. The summed E-state index contributed by atoms with van der Waals surface area (Å²) in [4.78, 5) is 0.441. The first-order valence-electron chi connectivity index (χ1n) is 8.63. The van der Waals surface area contributed by atoms with Gasteiger partial charge in [0.25, 0.3) is 0 Å². The van der Waals surface area contributed by atoms with Crippen molar-refractivity contribution < 1.29 is 8.42 Å². The van der Waals surface area contributed by atoms with Crippen LogP contribution >= 0.6 is 0 Å². The summed E-state index contributed by atoms with van der Waals surface area (Å²) in [5.74, 6) is 1.10. The van der Waals surface area contributed by atoms with Crippen LogP contribution in [0.5, 0.6) is 0 Å². The van der Waals surface area contributed by atoms with Gasteiger partial charge in [-0.15, -0.1) is 0 Å². The lowest BCUT2D eigenvalue weighted by Gasteiger charge is -2.22. The average Bonchev–Trinajstić information content (AvgIpc) is 3.33. The van der Waals surface area contributed by atoms with Gasteiger partial charge in [-0.2, -0.15) is 4.31 Å². The van der Waals surface area contributed by atoms with Crippen LogP contribution in [0.4, 0.5) is 0 Å². The molecule has 0 spiro atoms. The summed E-state index contributed by atoms with van der Waals surface area (Å²) in [5.41, 5.74) is 1.24. The Morgan fingerprint density at radius 3 is 2.14 bits per heavy atom.